The molecule has 0 aromatic carbocycles. The minimum absolute atomic E-state index is 0.105. The molecule has 0 aliphatic carbocycles. The van der Waals surface area contributed by atoms with Crippen molar-refractivity contribution in [2.45, 2.75) is 5.92 Å². The molecule has 10 nitrogen and oxygen atoms in total. The summed E-state index contributed by atoms with van der Waals surface area (Å²) in [5.41, 5.74) is -0.328. The van der Waals surface area contributed by atoms with Crippen LogP contribution in [0.1, 0.15) is 17.3 Å². The lowest BCUT2D eigenvalue weighted by molar-refractivity contribution is -0.386. The molecule has 1 unspecified atom stereocenters. The number of aromatic nitrogens is 3. The zero-order valence-corrected chi connectivity index (χ0v) is 12.3. The number of nitro groups is 1. The van der Waals surface area contributed by atoms with E-state index >= 15 is 0 Å². The van der Waals surface area contributed by atoms with Gasteiger partial charge >= 0.3 is 12.0 Å². The second kappa shape index (κ2) is 6.64. The highest BCUT2D eigenvalue weighted by Gasteiger charge is 2.34. The summed E-state index contributed by atoms with van der Waals surface area (Å²) in [6.45, 7) is 0. The van der Waals surface area contributed by atoms with Crippen LogP contribution in [0.5, 0.6) is 0 Å². The second-order valence-corrected chi connectivity index (χ2v) is 4.36. The lowest BCUT2D eigenvalue weighted by Crippen LogP contribution is -2.25. The third-order valence-corrected chi connectivity index (χ3v) is 3.05. The molecule has 1 amide bonds. The molecule has 23 heavy (non-hydrogen) atoms. The van der Waals surface area contributed by atoms with Crippen LogP contribution in [0.15, 0.2) is 30.6 Å². The van der Waals surface area contributed by atoms with Gasteiger partial charge in [-0.25, -0.2) is 4.79 Å². The van der Waals surface area contributed by atoms with Crippen LogP contribution in [-0.4, -0.2) is 45.8 Å². The number of hydrogen-bond acceptors (Lipinski definition) is 7. The Balaban J connectivity index is 2.55. The Morgan fingerprint density at radius 3 is 2.78 bits per heavy atom. The summed E-state index contributed by atoms with van der Waals surface area (Å²) in [5.74, 6) is -1.98. The van der Waals surface area contributed by atoms with Crippen molar-refractivity contribution in [3.63, 3.8) is 0 Å². The predicted octanol–water partition coefficient (Wildman–Crippen LogP) is 0.679. The monoisotopic (exact) mass is 319 g/mol. The third kappa shape index (κ3) is 3.15. The number of nitrogens with one attached hydrogen (secondary N) is 1. The van der Waals surface area contributed by atoms with Gasteiger partial charge in [0.25, 0.3) is 5.69 Å². The van der Waals surface area contributed by atoms with E-state index < -0.39 is 22.8 Å². The summed E-state index contributed by atoms with van der Waals surface area (Å²) in [6, 6.07) is 3.50. The summed E-state index contributed by atoms with van der Waals surface area (Å²) >= 11 is 0. The number of rotatable bonds is 4. The number of hydrogen-bond donors (Lipinski definition) is 1. The van der Waals surface area contributed by atoms with Gasteiger partial charge in [0.2, 0.25) is 0 Å². The Morgan fingerprint density at radius 1 is 1.43 bits per heavy atom. The van der Waals surface area contributed by atoms with Crippen LogP contribution in [0.2, 0.25) is 0 Å². The summed E-state index contributed by atoms with van der Waals surface area (Å²) in [6.07, 6.45) is 2.66. The van der Waals surface area contributed by atoms with Crippen LogP contribution in [0.3, 0.4) is 0 Å². The lowest BCUT2D eigenvalue weighted by atomic mass is 9.99. The fraction of sp³-hybridized carbons (Fsp3) is 0.231. The highest BCUT2D eigenvalue weighted by molar-refractivity contribution is 5.82. The Kier molecular flexibility index (Phi) is 4.64. The minimum atomic E-state index is -1.22. The number of amides is 1. The standard InChI is InChI=1S/C13H13N5O5/c1-14-13(20)17-7-5-8(16-17)10(12(19)23-2)11-9(18(21)22)4-3-6-15-11/h3-7,10H,1-2H3,(H,14,20). The van der Waals surface area contributed by atoms with Crippen LogP contribution in [0.25, 0.3) is 0 Å². The molecule has 1 atom stereocenters. The summed E-state index contributed by atoms with van der Waals surface area (Å²) < 4.78 is 5.67. The first-order valence-corrected chi connectivity index (χ1v) is 6.44. The molecule has 2 heterocycles. The normalized spacial score (nSPS) is 11.6. The van der Waals surface area contributed by atoms with Crippen molar-refractivity contribution in [3.8, 4) is 0 Å². The largest absolute Gasteiger partial charge is 0.468 e. The van der Waals surface area contributed by atoms with Gasteiger partial charge in [-0.15, -0.1) is 0 Å². The highest BCUT2D eigenvalue weighted by Crippen LogP contribution is 2.29. The molecule has 10 heteroatoms. The average Bonchev–Trinajstić information content (AvgIpc) is 3.04. The Hall–Kier alpha value is -3.30. The fourth-order valence-corrected chi connectivity index (χ4v) is 2.00. The Bertz CT molecular complexity index is 757. The molecule has 2 aromatic heterocycles. The molecule has 2 rings (SSSR count). The van der Waals surface area contributed by atoms with E-state index in [1.807, 2.05) is 0 Å². The van der Waals surface area contributed by atoms with E-state index in [0.29, 0.717) is 0 Å². The van der Waals surface area contributed by atoms with Gasteiger partial charge in [-0.05, 0) is 12.1 Å². The molecule has 0 aliphatic rings. The molecule has 120 valence electrons. The zero-order valence-electron chi connectivity index (χ0n) is 12.3. The van der Waals surface area contributed by atoms with Crippen molar-refractivity contribution in [3.05, 3.63) is 52.1 Å². The van der Waals surface area contributed by atoms with Gasteiger partial charge in [0.1, 0.15) is 11.6 Å². The van der Waals surface area contributed by atoms with Gasteiger partial charge in [-0.1, -0.05) is 0 Å². The number of carbonyl (C=O) groups is 2. The molecule has 0 fully saturated rings. The second-order valence-electron chi connectivity index (χ2n) is 4.36. The van der Waals surface area contributed by atoms with E-state index in [4.69, 9.17) is 4.74 Å². The third-order valence-electron chi connectivity index (χ3n) is 3.05. The SMILES string of the molecule is CNC(=O)n1ccc(C(C(=O)OC)c2ncccc2[N+](=O)[O-])n1. The smallest absolute Gasteiger partial charge is 0.341 e. The van der Waals surface area contributed by atoms with Crippen molar-refractivity contribution in [2.24, 2.45) is 0 Å². The van der Waals surface area contributed by atoms with E-state index in [2.05, 4.69) is 15.4 Å². The van der Waals surface area contributed by atoms with Crippen molar-refractivity contribution >= 4 is 17.7 Å². The number of carbonyl (C=O) groups excluding carboxylic acids is 2. The molecular formula is C13H13N5O5. The molecule has 0 aliphatic heterocycles. The van der Waals surface area contributed by atoms with E-state index in [1.165, 1.54) is 37.6 Å². The molecule has 1 N–H and O–H groups in total. The quantitative estimate of drug-likeness (QED) is 0.498. The van der Waals surface area contributed by atoms with Crippen molar-refractivity contribution in [1.82, 2.24) is 20.1 Å². The van der Waals surface area contributed by atoms with Crippen molar-refractivity contribution < 1.29 is 19.2 Å². The van der Waals surface area contributed by atoms with Gasteiger partial charge < -0.3 is 10.1 Å². The number of esters is 1. The topological polar surface area (TPSA) is 129 Å². The van der Waals surface area contributed by atoms with Crippen LogP contribution < -0.4 is 5.32 Å². The maximum absolute atomic E-state index is 12.1. The van der Waals surface area contributed by atoms with Crippen LogP contribution in [0, 0.1) is 10.1 Å². The maximum Gasteiger partial charge on any atom is 0.341 e. The van der Waals surface area contributed by atoms with Gasteiger partial charge in [0.15, 0.2) is 0 Å². The predicted molar refractivity (Wildman–Crippen MR) is 76.8 cm³/mol. The van der Waals surface area contributed by atoms with Crippen molar-refractivity contribution in [2.75, 3.05) is 14.2 Å². The maximum atomic E-state index is 12.1. The lowest BCUT2D eigenvalue weighted by Gasteiger charge is -2.11. The Morgan fingerprint density at radius 2 is 2.17 bits per heavy atom. The number of nitrogens with zero attached hydrogens (tertiary/aromatic N) is 4. The Labute approximate surface area is 130 Å². The fourth-order valence-electron chi connectivity index (χ4n) is 2.00. The van der Waals surface area contributed by atoms with Crippen LogP contribution in [0.4, 0.5) is 10.5 Å². The highest BCUT2D eigenvalue weighted by atomic mass is 16.6. The molecule has 0 saturated heterocycles. The molecule has 0 radical (unpaired) electrons. The van der Waals surface area contributed by atoms with Gasteiger partial charge in [-0.3, -0.25) is 19.9 Å². The number of ether oxygens (including phenoxy) is 1. The van der Waals surface area contributed by atoms with Crippen LogP contribution in [-0.2, 0) is 9.53 Å². The van der Waals surface area contributed by atoms with Gasteiger partial charge in [-0.2, -0.15) is 9.78 Å². The van der Waals surface area contributed by atoms with E-state index in [-0.39, 0.29) is 17.1 Å². The van der Waals surface area contributed by atoms with Gasteiger partial charge in [0.05, 0.1) is 17.7 Å². The molecule has 0 spiro atoms. The van der Waals surface area contributed by atoms with Crippen molar-refractivity contribution in [1.29, 1.82) is 0 Å². The molecule has 2 aromatic rings. The van der Waals surface area contributed by atoms with Gasteiger partial charge in [0, 0.05) is 25.5 Å². The zero-order chi connectivity index (χ0) is 17.0. The first-order valence-electron chi connectivity index (χ1n) is 6.44. The average molecular weight is 319 g/mol. The number of methoxy groups -OCH3 is 1. The minimum Gasteiger partial charge on any atom is -0.468 e. The van der Waals surface area contributed by atoms with E-state index in [9.17, 15) is 19.7 Å². The summed E-state index contributed by atoms with van der Waals surface area (Å²) in [4.78, 5) is 38.1. The molecule has 0 bridgehead atoms. The molecular weight excluding hydrogens is 306 g/mol. The van der Waals surface area contributed by atoms with Crippen LogP contribution >= 0.6 is 0 Å². The van der Waals surface area contributed by atoms with E-state index in [0.717, 1.165) is 11.8 Å². The number of pyridine rings is 1. The first-order chi connectivity index (χ1) is 11.0. The first kappa shape index (κ1) is 16.1. The summed E-state index contributed by atoms with van der Waals surface area (Å²) in [7, 11) is 2.57. The van der Waals surface area contributed by atoms with E-state index in [1.54, 1.807) is 0 Å². The molecule has 0 saturated carbocycles. The summed E-state index contributed by atoms with van der Waals surface area (Å²) in [5, 5.41) is 17.5.